The molecule has 1 aliphatic carbocycles. The molecule has 2 N–H and O–H groups in total. The maximum Gasteiger partial charge on any atom is 0.222 e. The normalized spacial score (nSPS) is 16.8. The van der Waals surface area contributed by atoms with Gasteiger partial charge in [-0.2, -0.15) is 0 Å². The summed E-state index contributed by atoms with van der Waals surface area (Å²) in [6.07, 6.45) is 6.67. The van der Waals surface area contributed by atoms with Crippen LogP contribution in [0.2, 0.25) is 0 Å². The molecule has 21 heavy (non-hydrogen) atoms. The smallest absolute Gasteiger partial charge is 0.222 e. The van der Waals surface area contributed by atoms with Gasteiger partial charge in [0.05, 0.1) is 19.1 Å². The fourth-order valence-electron chi connectivity index (χ4n) is 2.36. The van der Waals surface area contributed by atoms with E-state index in [1.165, 1.54) is 0 Å². The number of hydrogen-bond acceptors (Lipinski definition) is 3. The Kier molecular flexibility index (Phi) is 5.38. The third-order valence-corrected chi connectivity index (χ3v) is 3.88. The van der Waals surface area contributed by atoms with Crippen molar-refractivity contribution >= 4 is 5.91 Å². The summed E-state index contributed by atoms with van der Waals surface area (Å²) in [6.45, 7) is 1.05. The molecule has 112 valence electrons. The molecule has 4 nitrogen and oxygen atoms in total. The Morgan fingerprint density at radius 1 is 1.43 bits per heavy atom. The summed E-state index contributed by atoms with van der Waals surface area (Å²) >= 11 is 0. The van der Waals surface area contributed by atoms with E-state index in [4.69, 9.17) is 11.2 Å². The third-order valence-electron chi connectivity index (χ3n) is 3.88. The largest absolute Gasteiger partial charge is 0.388 e. The number of ether oxygens (including phenoxy) is 1. The summed E-state index contributed by atoms with van der Waals surface area (Å²) in [5.41, 5.74) is 0.693. The van der Waals surface area contributed by atoms with Gasteiger partial charge < -0.3 is 15.2 Å². The lowest BCUT2D eigenvalue weighted by molar-refractivity contribution is -0.122. The van der Waals surface area contributed by atoms with Crippen LogP contribution in [0.1, 0.15) is 30.9 Å². The zero-order valence-electron chi connectivity index (χ0n) is 12.0. The van der Waals surface area contributed by atoms with Crippen molar-refractivity contribution in [3.8, 4) is 12.3 Å². The molecule has 0 aromatic heterocycles. The highest BCUT2D eigenvalue weighted by molar-refractivity contribution is 5.76. The molecule has 1 amide bonds. The standard InChI is InChI=1S/C17H21NO3/c1-2-11-21-12-8-15(19)18-13-17(9-10-17)16(20)14-6-4-3-5-7-14/h1,3-7,16,20H,8-13H2,(H,18,19). The van der Waals surface area contributed by atoms with E-state index in [-0.39, 0.29) is 17.9 Å². The van der Waals surface area contributed by atoms with Gasteiger partial charge in [0.15, 0.2) is 0 Å². The van der Waals surface area contributed by atoms with Crippen molar-refractivity contribution in [2.45, 2.75) is 25.4 Å². The van der Waals surface area contributed by atoms with E-state index in [0.29, 0.717) is 19.6 Å². The van der Waals surface area contributed by atoms with Crippen LogP contribution in [0.5, 0.6) is 0 Å². The highest BCUT2D eigenvalue weighted by Crippen LogP contribution is 2.54. The van der Waals surface area contributed by atoms with Gasteiger partial charge >= 0.3 is 0 Å². The molecule has 2 rings (SSSR count). The number of carbonyl (C=O) groups excluding carboxylic acids is 1. The minimum atomic E-state index is -0.531. The van der Waals surface area contributed by atoms with Crippen molar-refractivity contribution in [3.63, 3.8) is 0 Å². The SMILES string of the molecule is C#CCOCCC(=O)NCC1(C(O)c2ccccc2)CC1. The molecule has 0 radical (unpaired) electrons. The van der Waals surface area contributed by atoms with E-state index in [9.17, 15) is 9.90 Å². The molecule has 0 spiro atoms. The first-order chi connectivity index (χ1) is 10.2. The Bertz CT molecular complexity index is 503. The number of hydrogen-bond donors (Lipinski definition) is 2. The number of aliphatic hydroxyl groups excluding tert-OH is 1. The van der Waals surface area contributed by atoms with Gasteiger partial charge in [-0.05, 0) is 18.4 Å². The molecule has 0 bridgehead atoms. The molecule has 1 aliphatic rings. The van der Waals surface area contributed by atoms with E-state index >= 15 is 0 Å². The van der Waals surface area contributed by atoms with Crippen molar-refractivity contribution in [1.29, 1.82) is 0 Å². The molecule has 1 aromatic carbocycles. The molecular formula is C17H21NO3. The molecule has 1 aromatic rings. The fraction of sp³-hybridized carbons (Fsp3) is 0.471. The first-order valence-electron chi connectivity index (χ1n) is 7.19. The van der Waals surface area contributed by atoms with Gasteiger partial charge in [0.1, 0.15) is 6.61 Å². The minimum Gasteiger partial charge on any atom is -0.388 e. The molecular weight excluding hydrogens is 266 g/mol. The lowest BCUT2D eigenvalue weighted by Gasteiger charge is -2.23. The zero-order valence-corrected chi connectivity index (χ0v) is 12.0. The zero-order chi connectivity index (χ0) is 15.1. The van der Waals surface area contributed by atoms with Crippen molar-refractivity contribution in [1.82, 2.24) is 5.32 Å². The Morgan fingerprint density at radius 3 is 2.76 bits per heavy atom. The van der Waals surface area contributed by atoms with Crippen molar-refractivity contribution in [2.24, 2.45) is 5.41 Å². The summed E-state index contributed by atoms with van der Waals surface area (Å²) in [6, 6.07) is 9.58. The first-order valence-corrected chi connectivity index (χ1v) is 7.19. The maximum atomic E-state index is 11.7. The number of terminal acetylenes is 1. The summed E-state index contributed by atoms with van der Waals surface area (Å²) in [5.74, 6) is 2.28. The van der Waals surface area contributed by atoms with E-state index in [2.05, 4.69) is 11.2 Å². The van der Waals surface area contributed by atoms with Crippen molar-refractivity contribution in [2.75, 3.05) is 19.8 Å². The number of aliphatic hydroxyl groups is 1. The molecule has 1 fully saturated rings. The predicted octanol–water partition coefficient (Wildman–Crippen LogP) is 1.66. The second-order valence-electron chi connectivity index (χ2n) is 5.46. The summed E-state index contributed by atoms with van der Waals surface area (Å²) in [7, 11) is 0. The molecule has 1 saturated carbocycles. The van der Waals surface area contributed by atoms with E-state index in [0.717, 1.165) is 18.4 Å². The van der Waals surface area contributed by atoms with Gasteiger partial charge in [0.25, 0.3) is 0 Å². The maximum absolute atomic E-state index is 11.7. The van der Waals surface area contributed by atoms with Gasteiger partial charge in [-0.25, -0.2) is 0 Å². The van der Waals surface area contributed by atoms with Crippen LogP contribution in [0.25, 0.3) is 0 Å². The Hall–Kier alpha value is -1.83. The summed E-state index contributed by atoms with van der Waals surface area (Å²) < 4.78 is 5.07. The summed E-state index contributed by atoms with van der Waals surface area (Å²) in [4.78, 5) is 11.7. The fourth-order valence-corrected chi connectivity index (χ4v) is 2.36. The first kappa shape index (κ1) is 15.6. The third kappa shape index (κ3) is 4.32. The quantitative estimate of drug-likeness (QED) is 0.565. The number of rotatable bonds is 8. The highest BCUT2D eigenvalue weighted by atomic mass is 16.5. The summed E-state index contributed by atoms with van der Waals surface area (Å²) in [5, 5.41) is 13.4. The number of carbonyl (C=O) groups is 1. The van der Waals surface area contributed by atoms with Crippen LogP contribution in [-0.4, -0.2) is 30.8 Å². The average molecular weight is 287 g/mol. The van der Waals surface area contributed by atoms with Crippen LogP contribution >= 0.6 is 0 Å². The average Bonchev–Trinajstić information content (AvgIpc) is 3.31. The van der Waals surface area contributed by atoms with E-state index in [1.54, 1.807) is 0 Å². The Balaban J connectivity index is 1.77. The molecule has 0 heterocycles. The molecule has 1 atom stereocenters. The lowest BCUT2D eigenvalue weighted by Crippen LogP contribution is -2.33. The van der Waals surface area contributed by atoms with Crippen molar-refractivity contribution in [3.05, 3.63) is 35.9 Å². The van der Waals surface area contributed by atoms with Gasteiger partial charge in [0.2, 0.25) is 5.91 Å². The Morgan fingerprint density at radius 2 is 2.14 bits per heavy atom. The van der Waals surface area contributed by atoms with Gasteiger partial charge in [-0.1, -0.05) is 36.3 Å². The molecule has 4 heteroatoms. The Labute approximate surface area is 125 Å². The second-order valence-corrected chi connectivity index (χ2v) is 5.46. The second kappa shape index (κ2) is 7.26. The van der Waals surface area contributed by atoms with Crippen LogP contribution in [0.3, 0.4) is 0 Å². The molecule has 1 unspecified atom stereocenters. The van der Waals surface area contributed by atoms with Crippen LogP contribution in [-0.2, 0) is 9.53 Å². The monoisotopic (exact) mass is 287 g/mol. The van der Waals surface area contributed by atoms with Gasteiger partial charge in [-0.3, -0.25) is 4.79 Å². The minimum absolute atomic E-state index is 0.0708. The number of amides is 1. The highest BCUT2D eigenvalue weighted by Gasteiger charge is 2.49. The van der Waals surface area contributed by atoms with Crippen LogP contribution in [0.15, 0.2) is 30.3 Å². The molecule has 0 aliphatic heterocycles. The van der Waals surface area contributed by atoms with Crippen LogP contribution in [0, 0.1) is 17.8 Å². The van der Waals surface area contributed by atoms with Crippen LogP contribution in [0.4, 0.5) is 0 Å². The van der Waals surface area contributed by atoms with Gasteiger partial charge in [0, 0.05) is 12.0 Å². The van der Waals surface area contributed by atoms with E-state index in [1.807, 2.05) is 30.3 Å². The number of nitrogens with one attached hydrogen (secondary N) is 1. The predicted molar refractivity (Wildman–Crippen MR) is 80.3 cm³/mol. The topological polar surface area (TPSA) is 58.6 Å². The van der Waals surface area contributed by atoms with Gasteiger partial charge in [-0.15, -0.1) is 6.42 Å². The number of benzene rings is 1. The lowest BCUT2D eigenvalue weighted by atomic mass is 9.92. The molecule has 0 saturated heterocycles. The van der Waals surface area contributed by atoms with Crippen molar-refractivity contribution < 1.29 is 14.6 Å². The van der Waals surface area contributed by atoms with E-state index < -0.39 is 6.10 Å². The van der Waals surface area contributed by atoms with Crippen LogP contribution < -0.4 is 5.32 Å².